The lowest BCUT2D eigenvalue weighted by molar-refractivity contribution is -0.114. The number of carbonyl (C=O) groups is 1. The zero-order valence-corrected chi connectivity index (χ0v) is 15.5. The third-order valence-corrected chi connectivity index (χ3v) is 3.96. The number of halogens is 2. The van der Waals surface area contributed by atoms with Crippen LogP contribution in [0.25, 0.3) is 5.69 Å². The van der Waals surface area contributed by atoms with Gasteiger partial charge in [0, 0.05) is 12.6 Å². The van der Waals surface area contributed by atoms with Gasteiger partial charge in [-0.3, -0.25) is 9.59 Å². The van der Waals surface area contributed by atoms with Crippen molar-refractivity contribution in [3.8, 4) is 11.6 Å². The summed E-state index contributed by atoms with van der Waals surface area (Å²) in [6.07, 6.45) is 0. The molecule has 0 bridgehead atoms. The van der Waals surface area contributed by atoms with Crippen LogP contribution < -0.4 is 21.3 Å². The average Bonchev–Trinajstić information content (AvgIpc) is 2.68. The quantitative estimate of drug-likeness (QED) is 0.701. The molecule has 10 heteroatoms. The predicted molar refractivity (Wildman–Crippen MR) is 100 cm³/mol. The highest BCUT2D eigenvalue weighted by Gasteiger charge is 2.16. The number of hydrogen-bond acceptors (Lipinski definition) is 5. The van der Waals surface area contributed by atoms with E-state index in [9.17, 15) is 23.2 Å². The normalized spacial score (nSPS) is 10.6. The van der Waals surface area contributed by atoms with Crippen LogP contribution in [0.5, 0.6) is 5.88 Å². The van der Waals surface area contributed by atoms with Crippen molar-refractivity contribution < 1.29 is 18.3 Å². The molecule has 0 fully saturated rings. The largest absolute Gasteiger partial charge is 0.476 e. The molecule has 0 radical (unpaired) electrons. The fourth-order valence-electron chi connectivity index (χ4n) is 2.67. The van der Waals surface area contributed by atoms with Crippen LogP contribution in [0.15, 0.2) is 52.1 Å². The first kappa shape index (κ1) is 19.9. The molecule has 0 atom stereocenters. The molecule has 0 aliphatic rings. The number of methoxy groups -OCH3 is 1. The van der Waals surface area contributed by atoms with Crippen molar-refractivity contribution >= 4 is 11.6 Å². The van der Waals surface area contributed by atoms with Gasteiger partial charge < -0.3 is 10.1 Å². The number of hydrogen-bond donors (Lipinski definition) is 1. The van der Waals surface area contributed by atoms with Crippen LogP contribution in [0.1, 0.15) is 12.5 Å². The summed E-state index contributed by atoms with van der Waals surface area (Å²) in [7, 11) is 1.22. The third-order valence-electron chi connectivity index (χ3n) is 3.96. The molecule has 1 heterocycles. The van der Waals surface area contributed by atoms with Crippen molar-refractivity contribution in [1.82, 2.24) is 14.3 Å². The van der Waals surface area contributed by atoms with Gasteiger partial charge in [0.25, 0.3) is 5.88 Å². The van der Waals surface area contributed by atoms with Crippen molar-refractivity contribution in [3.05, 3.63) is 80.5 Å². The highest BCUT2D eigenvalue weighted by atomic mass is 19.2. The lowest BCUT2D eigenvalue weighted by atomic mass is 10.2. The van der Waals surface area contributed by atoms with Crippen molar-refractivity contribution in [2.24, 2.45) is 0 Å². The molecule has 3 rings (SSSR count). The summed E-state index contributed by atoms with van der Waals surface area (Å²) < 4.78 is 33.4. The molecule has 29 heavy (non-hydrogen) atoms. The molecule has 1 amide bonds. The first-order valence-corrected chi connectivity index (χ1v) is 8.40. The van der Waals surface area contributed by atoms with Gasteiger partial charge in [-0.25, -0.2) is 18.1 Å². The summed E-state index contributed by atoms with van der Waals surface area (Å²) in [4.78, 5) is 36.7. The summed E-state index contributed by atoms with van der Waals surface area (Å²) in [5, 5.41) is 6.50. The van der Waals surface area contributed by atoms with Gasteiger partial charge in [-0.2, -0.15) is 4.68 Å². The van der Waals surface area contributed by atoms with Gasteiger partial charge in [-0.1, -0.05) is 12.1 Å². The maximum atomic E-state index is 13.5. The van der Waals surface area contributed by atoms with E-state index in [1.54, 1.807) is 18.2 Å². The first-order valence-electron chi connectivity index (χ1n) is 8.40. The minimum Gasteiger partial charge on any atom is -0.476 e. The maximum absolute atomic E-state index is 13.5. The Morgan fingerprint density at radius 2 is 1.90 bits per heavy atom. The van der Waals surface area contributed by atoms with Gasteiger partial charge in [-0.15, -0.1) is 5.10 Å². The van der Waals surface area contributed by atoms with Crippen LogP contribution in [0.2, 0.25) is 0 Å². The minimum atomic E-state index is -1.10. The highest BCUT2D eigenvalue weighted by Crippen LogP contribution is 2.14. The smallest absolute Gasteiger partial charge is 0.352 e. The summed E-state index contributed by atoms with van der Waals surface area (Å²) >= 11 is 0. The van der Waals surface area contributed by atoms with Crippen molar-refractivity contribution in [1.29, 1.82) is 0 Å². The zero-order valence-electron chi connectivity index (χ0n) is 15.5. The number of amides is 1. The molecule has 8 nitrogen and oxygen atoms in total. The molecule has 0 aliphatic heterocycles. The molecule has 1 aromatic heterocycles. The Hall–Kier alpha value is -3.82. The highest BCUT2D eigenvalue weighted by molar-refractivity contribution is 5.88. The van der Waals surface area contributed by atoms with Gasteiger partial charge in [0.15, 0.2) is 11.6 Å². The van der Waals surface area contributed by atoms with E-state index in [0.29, 0.717) is 5.69 Å². The average molecular weight is 402 g/mol. The van der Waals surface area contributed by atoms with Crippen molar-refractivity contribution in [2.75, 3.05) is 12.4 Å². The van der Waals surface area contributed by atoms with Crippen LogP contribution >= 0.6 is 0 Å². The summed E-state index contributed by atoms with van der Waals surface area (Å²) in [6, 6.07) is 9.31. The van der Waals surface area contributed by atoms with E-state index in [0.717, 1.165) is 21.4 Å². The van der Waals surface area contributed by atoms with Gasteiger partial charge >= 0.3 is 11.2 Å². The Balaban J connectivity index is 2.14. The van der Waals surface area contributed by atoms with E-state index in [1.807, 2.05) is 0 Å². The molecule has 0 saturated heterocycles. The molecule has 0 saturated carbocycles. The summed E-state index contributed by atoms with van der Waals surface area (Å²) in [5.74, 6) is -2.80. The fraction of sp³-hybridized carbons (Fsp3) is 0.158. The van der Waals surface area contributed by atoms with Gasteiger partial charge in [-0.05, 0) is 35.9 Å². The van der Waals surface area contributed by atoms with Gasteiger partial charge in [0.05, 0.1) is 19.3 Å². The molecule has 0 aliphatic carbocycles. The van der Waals surface area contributed by atoms with E-state index in [2.05, 4.69) is 10.4 Å². The van der Waals surface area contributed by atoms with E-state index in [4.69, 9.17) is 4.74 Å². The molecule has 0 unspecified atom stereocenters. The molecule has 1 N–H and O–H groups in total. The lowest BCUT2D eigenvalue weighted by Gasteiger charge is -2.12. The molecule has 2 aromatic carbocycles. The Morgan fingerprint density at radius 3 is 2.55 bits per heavy atom. The molecular weight excluding hydrogens is 386 g/mol. The second kappa shape index (κ2) is 8.05. The zero-order chi connectivity index (χ0) is 21.1. The number of nitrogens with zero attached hydrogens (tertiary/aromatic N) is 3. The maximum Gasteiger partial charge on any atom is 0.352 e. The van der Waals surface area contributed by atoms with Gasteiger partial charge in [0.2, 0.25) is 5.91 Å². The number of anilines is 1. The van der Waals surface area contributed by atoms with E-state index in [-0.39, 0.29) is 29.6 Å². The van der Waals surface area contributed by atoms with Crippen molar-refractivity contribution in [2.45, 2.75) is 13.5 Å². The summed E-state index contributed by atoms with van der Waals surface area (Å²) in [5.41, 5.74) is -0.758. The second-order valence-corrected chi connectivity index (χ2v) is 6.07. The standard InChI is InChI=1S/C19H16F2N4O4/c1-11(26)22-13-4-3-5-14(9-13)25-19(28)24(18(27)17(23-25)29-2)10-12-6-7-15(20)16(21)8-12/h3-9H,10H2,1-2H3,(H,22,26). The fourth-order valence-corrected chi connectivity index (χ4v) is 2.67. The Kier molecular flexibility index (Phi) is 5.53. The van der Waals surface area contributed by atoms with Crippen LogP contribution in [0.3, 0.4) is 0 Å². The monoisotopic (exact) mass is 402 g/mol. The topological polar surface area (TPSA) is 95.2 Å². The Labute approximate surface area is 163 Å². The number of rotatable bonds is 5. The Bertz CT molecular complexity index is 1200. The number of nitrogens with one attached hydrogen (secondary N) is 1. The summed E-state index contributed by atoms with van der Waals surface area (Å²) in [6.45, 7) is 1.02. The number of carbonyl (C=O) groups excluding carboxylic acids is 1. The predicted octanol–water partition coefficient (Wildman–Crippen LogP) is 1.69. The Morgan fingerprint density at radius 1 is 1.14 bits per heavy atom. The SMILES string of the molecule is COc1nn(-c2cccc(NC(C)=O)c2)c(=O)n(Cc2ccc(F)c(F)c2)c1=O. The first-order chi connectivity index (χ1) is 13.8. The van der Waals surface area contributed by atoms with Crippen LogP contribution in [0.4, 0.5) is 14.5 Å². The lowest BCUT2D eigenvalue weighted by Crippen LogP contribution is -2.41. The molecular formula is C19H16F2N4O4. The van der Waals surface area contributed by atoms with Gasteiger partial charge in [0.1, 0.15) is 0 Å². The van der Waals surface area contributed by atoms with E-state index >= 15 is 0 Å². The van der Waals surface area contributed by atoms with Crippen LogP contribution in [-0.2, 0) is 11.3 Å². The van der Waals surface area contributed by atoms with Crippen LogP contribution in [0, 0.1) is 11.6 Å². The number of ether oxygens (including phenoxy) is 1. The minimum absolute atomic E-state index is 0.204. The number of aromatic nitrogens is 3. The molecule has 3 aromatic rings. The van der Waals surface area contributed by atoms with E-state index in [1.165, 1.54) is 26.2 Å². The molecule has 0 spiro atoms. The second-order valence-electron chi connectivity index (χ2n) is 6.07. The number of benzene rings is 2. The van der Waals surface area contributed by atoms with Crippen molar-refractivity contribution in [3.63, 3.8) is 0 Å². The van der Waals surface area contributed by atoms with Crippen LogP contribution in [-0.4, -0.2) is 27.4 Å². The third kappa shape index (κ3) is 4.21. The van der Waals surface area contributed by atoms with E-state index < -0.39 is 22.9 Å². The molecule has 150 valence electrons.